The molecule has 0 unspecified atom stereocenters. The molecule has 1 aromatic carbocycles. The molecule has 0 radical (unpaired) electrons. The second-order valence-electron chi connectivity index (χ2n) is 5.62. The molecular weight excluding hydrogens is 384 g/mol. The van der Waals surface area contributed by atoms with E-state index >= 15 is 0 Å². The first-order valence-corrected chi connectivity index (χ1v) is 9.49. The Morgan fingerprint density at radius 2 is 1.69 bits per heavy atom. The van der Waals surface area contributed by atoms with Gasteiger partial charge in [-0.15, -0.1) is 0 Å². The molecule has 1 saturated heterocycles. The predicted octanol–water partition coefficient (Wildman–Crippen LogP) is 1.78. The largest absolute Gasteiger partial charge is 0.475 e. The molecule has 138 valence electrons. The molecule has 0 bridgehead atoms. The van der Waals surface area contributed by atoms with Crippen molar-refractivity contribution in [1.29, 1.82) is 0 Å². The summed E-state index contributed by atoms with van der Waals surface area (Å²) < 4.78 is 31.6. The molecule has 1 aliphatic heterocycles. The molecular formula is C16H15ClN2O6S. The van der Waals surface area contributed by atoms with Crippen LogP contribution in [0.1, 0.15) is 21.1 Å². The summed E-state index contributed by atoms with van der Waals surface area (Å²) in [6.45, 7) is 0.573. The molecule has 1 N–H and O–H groups in total. The van der Waals surface area contributed by atoms with Crippen molar-refractivity contribution in [3.05, 3.63) is 52.9 Å². The van der Waals surface area contributed by atoms with E-state index in [4.69, 9.17) is 21.1 Å². The van der Waals surface area contributed by atoms with Crippen LogP contribution < -0.4 is 0 Å². The lowest BCUT2D eigenvalue weighted by Gasteiger charge is -2.33. The van der Waals surface area contributed by atoms with Crippen LogP contribution >= 0.6 is 11.6 Å². The molecule has 10 heteroatoms. The number of hydrogen-bond acceptors (Lipinski definition) is 5. The Labute approximate surface area is 154 Å². The van der Waals surface area contributed by atoms with Gasteiger partial charge in [0, 0.05) is 31.2 Å². The van der Waals surface area contributed by atoms with Crippen molar-refractivity contribution < 1.29 is 27.5 Å². The van der Waals surface area contributed by atoms with Crippen LogP contribution in [0, 0.1) is 0 Å². The van der Waals surface area contributed by atoms with Gasteiger partial charge in [0.05, 0.1) is 4.90 Å². The number of piperazine rings is 1. The molecule has 0 aliphatic carbocycles. The molecule has 0 saturated carbocycles. The summed E-state index contributed by atoms with van der Waals surface area (Å²) >= 11 is 5.86. The van der Waals surface area contributed by atoms with Gasteiger partial charge >= 0.3 is 5.97 Å². The summed E-state index contributed by atoms with van der Waals surface area (Å²) in [5, 5.41) is 9.17. The van der Waals surface area contributed by atoms with Crippen LogP contribution in [0.4, 0.5) is 0 Å². The minimum Gasteiger partial charge on any atom is -0.475 e. The van der Waals surface area contributed by atoms with Crippen LogP contribution in [0.25, 0.3) is 0 Å². The zero-order chi connectivity index (χ0) is 18.9. The van der Waals surface area contributed by atoms with E-state index in [-0.39, 0.29) is 42.6 Å². The van der Waals surface area contributed by atoms with E-state index in [1.807, 2.05) is 0 Å². The third kappa shape index (κ3) is 3.59. The number of furan rings is 1. The highest BCUT2D eigenvalue weighted by atomic mass is 35.5. The zero-order valence-electron chi connectivity index (χ0n) is 13.5. The molecule has 0 spiro atoms. The summed E-state index contributed by atoms with van der Waals surface area (Å²) in [6.07, 6.45) is 0. The van der Waals surface area contributed by atoms with Crippen molar-refractivity contribution in [3.8, 4) is 0 Å². The molecule has 1 aromatic heterocycles. The zero-order valence-corrected chi connectivity index (χ0v) is 15.0. The number of benzene rings is 1. The average molecular weight is 399 g/mol. The number of aromatic carboxylic acids is 1. The van der Waals surface area contributed by atoms with Crippen molar-refractivity contribution >= 4 is 33.5 Å². The maximum absolute atomic E-state index is 12.6. The average Bonchev–Trinajstić information content (AvgIpc) is 3.11. The number of carboxylic acid groups (broad SMARTS) is 1. The Hall–Kier alpha value is -2.36. The standard InChI is InChI=1S/C16H15ClN2O6S/c17-11-2-1-3-12(10-11)26(23,24)19-8-6-18(7-9-19)15(20)13-4-5-14(25-13)16(21)22/h1-5,10H,6-9H2,(H,21,22). The minimum atomic E-state index is -3.70. The van der Waals surface area contributed by atoms with Crippen molar-refractivity contribution in [3.63, 3.8) is 0 Å². The van der Waals surface area contributed by atoms with E-state index in [2.05, 4.69) is 0 Å². The number of carboxylic acids is 1. The van der Waals surface area contributed by atoms with Gasteiger partial charge in [-0.2, -0.15) is 4.31 Å². The fourth-order valence-electron chi connectivity index (χ4n) is 2.63. The van der Waals surface area contributed by atoms with Gasteiger partial charge in [-0.3, -0.25) is 4.79 Å². The van der Waals surface area contributed by atoms with E-state index in [1.165, 1.54) is 33.5 Å². The first-order valence-electron chi connectivity index (χ1n) is 7.67. The molecule has 0 atom stereocenters. The molecule has 8 nitrogen and oxygen atoms in total. The number of sulfonamides is 1. The third-order valence-electron chi connectivity index (χ3n) is 3.99. The number of nitrogens with zero attached hydrogens (tertiary/aromatic N) is 2. The topological polar surface area (TPSA) is 108 Å². The summed E-state index contributed by atoms with van der Waals surface area (Å²) in [5.74, 6) is -2.15. The summed E-state index contributed by atoms with van der Waals surface area (Å²) in [4.78, 5) is 24.7. The van der Waals surface area contributed by atoms with Gasteiger partial charge in [0.25, 0.3) is 5.91 Å². The summed E-state index contributed by atoms with van der Waals surface area (Å²) in [5.41, 5.74) is 0. The molecule has 1 aliphatic rings. The van der Waals surface area contributed by atoms with E-state index < -0.39 is 21.9 Å². The van der Waals surface area contributed by atoms with E-state index in [0.717, 1.165) is 0 Å². The number of halogens is 1. The van der Waals surface area contributed by atoms with Gasteiger partial charge in [0.2, 0.25) is 15.8 Å². The highest BCUT2D eigenvalue weighted by Crippen LogP contribution is 2.21. The Balaban J connectivity index is 1.68. The molecule has 1 fully saturated rings. The van der Waals surface area contributed by atoms with Gasteiger partial charge in [-0.05, 0) is 30.3 Å². The number of hydrogen-bond donors (Lipinski definition) is 1. The van der Waals surface area contributed by atoms with Gasteiger partial charge in [-0.25, -0.2) is 13.2 Å². The van der Waals surface area contributed by atoms with E-state index in [1.54, 1.807) is 12.1 Å². The maximum atomic E-state index is 12.6. The van der Waals surface area contributed by atoms with Crippen molar-refractivity contribution in [2.24, 2.45) is 0 Å². The van der Waals surface area contributed by atoms with Crippen molar-refractivity contribution in [2.75, 3.05) is 26.2 Å². The normalized spacial score (nSPS) is 15.8. The Kier molecular flexibility index (Phi) is 5.03. The Morgan fingerprint density at radius 3 is 2.27 bits per heavy atom. The van der Waals surface area contributed by atoms with Crippen LogP contribution in [0.2, 0.25) is 5.02 Å². The van der Waals surface area contributed by atoms with Crippen LogP contribution in [0.3, 0.4) is 0 Å². The maximum Gasteiger partial charge on any atom is 0.371 e. The van der Waals surface area contributed by atoms with Crippen LogP contribution in [-0.2, 0) is 10.0 Å². The molecule has 2 heterocycles. The van der Waals surface area contributed by atoms with Crippen molar-refractivity contribution in [2.45, 2.75) is 4.90 Å². The van der Waals surface area contributed by atoms with Crippen LogP contribution in [-0.4, -0.2) is 60.8 Å². The first-order chi connectivity index (χ1) is 12.3. The number of rotatable bonds is 4. The van der Waals surface area contributed by atoms with Crippen LogP contribution in [0.5, 0.6) is 0 Å². The quantitative estimate of drug-likeness (QED) is 0.840. The molecule has 2 aromatic rings. The highest BCUT2D eigenvalue weighted by Gasteiger charge is 2.31. The summed E-state index contributed by atoms with van der Waals surface area (Å²) in [7, 11) is -3.70. The fraction of sp³-hybridized carbons (Fsp3) is 0.250. The van der Waals surface area contributed by atoms with Crippen molar-refractivity contribution in [1.82, 2.24) is 9.21 Å². The second kappa shape index (κ2) is 7.10. The van der Waals surface area contributed by atoms with Gasteiger partial charge < -0.3 is 14.4 Å². The van der Waals surface area contributed by atoms with Crippen LogP contribution in [0.15, 0.2) is 45.7 Å². The molecule has 26 heavy (non-hydrogen) atoms. The lowest BCUT2D eigenvalue weighted by molar-refractivity contribution is 0.0632. The fourth-order valence-corrected chi connectivity index (χ4v) is 4.36. The Bertz CT molecular complexity index is 947. The smallest absolute Gasteiger partial charge is 0.371 e. The van der Waals surface area contributed by atoms with Gasteiger partial charge in [-0.1, -0.05) is 17.7 Å². The Morgan fingerprint density at radius 1 is 1.04 bits per heavy atom. The minimum absolute atomic E-state index is 0.0893. The van der Waals surface area contributed by atoms with Gasteiger partial charge in [0.15, 0.2) is 5.76 Å². The van der Waals surface area contributed by atoms with E-state index in [9.17, 15) is 18.0 Å². The van der Waals surface area contributed by atoms with Gasteiger partial charge in [0.1, 0.15) is 0 Å². The lowest BCUT2D eigenvalue weighted by atomic mass is 10.3. The second-order valence-corrected chi connectivity index (χ2v) is 8.00. The number of amides is 1. The number of carbonyl (C=O) groups excluding carboxylic acids is 1. The SMILES string of the molecule is O=C(O)c1ccc(C(=O)N2CCN(S(=O)(=O)c3cccc(Cl)c3)CC2)o1. The predicted molar refractivity (Wildman–Crippen MR) is 91.8 cm³/mol. The first kappa shape index (κ1) is 18.4. The molecule has 1 amide bonds. The molecule has 3 rings (SSSR count). The van der Waals surface area contributed by atoms with E-state index in [0.29, 0.717) is 5.02 Å². The summed E-state index contributed by atoms with van der Waals surface area (Å²) in [6, 6.07) is 8.49. The third-order valence-corrected chi connectivity index (χ3v) is 6.12. The lowest BCUT2D eigenvalue weighted by Crippen LogP contribution is -2.50. The number of carbonyl (C=O) groups is 2. The highest BCUT2D eigenvalue weighted by molar-refractivity contribution is 7.89. The monoisotopic (exact) mass is 398 g/mol.